The molecule has 168 valence electrons. The molecule has 1 aromatic heterocycles. The number of amides is 2. The Morgan fingerprint density at radius 1 is 1.16 bits per heavy atom. The molecule has 1 aliphatic heterocycles. The molecule has 8 nitrogen and oxygen atoms in total. The number of ether oxygens (including phenoxy) is 1. The fraction of sp³-hybridized carbons (Fsp3) is 0.375. The van der Waals surface area contributed by atoms with Crippen LogP contribution in [0.3, 0.4) is 0 Å². The Bertz CT molecular complexity index is 1020. The van der Waals surface area contributed by atoms with Crippen molar-refractivity contribution in [2.75, 3.05) is 26.2 Å². The highest BCUT2D eigenvalue weighted by molar-refractivity contribution is 6.04. The van der Waals surface area contributed by atoms with Crippen molar-refractivity contribution >= 4 is 17.8 Å². The molecule has 1 aromatic carbocycles. The third-order valence-electron chi connectivity index (χ3n) is 5.37. The van der Waals surface area contributed by atoms with Gasteiger partial charge in [-0.2, -0.15) is 0 Å². The number of aromatic nitrogens is 2. The van der Waals surface area contributed by atoms with Crippen LogP contribution >= 0.6 is 0 Å². The second-order valence-corrected chi connectivity index (χ2v) is 7.82. The zero-order chi connectivity index (χ0) is 23.3. The third kappa shape index (κ3) is 5.19. The van der Waals surface area contributed by atoms with E-state index in [2.05, 4.69) is 16.5 Å². The van der Waals surface area contributed by atoms with Crippen LogP contribution in [0.25, 0.3) is 0 Å². The molecule has 2 heterocycles. The van der Waals surface area contributed by atoms with Crippen LogP contribution in [-0.2, 0) is 16.0 Å². The summed E-state index contributed by atoms with van der Waals surface area (Å²) in [5.74, 6) is -0.601. The predicted molar refractivity (Wildman–Crippen MR) is 119 cm³/mol. The molecule has 3 rings (SSSR count). The van der Waals surface area contributed by atoms with Gasteiger partial charge in [-0.15, -0.1) is 0 Å². The second-order valence-electron chi connectivity index (χ2n) is 7.82. The average molecular weight is 437 g/mol. The van der Waals surface area contributed by atoms with Gasteiger partial charge in [0.15, 0.2) is 0 Å². The maximum Gasteiger partial charge on any atom is 0.342 e. The van der Waals surface area contributed by atoms with Crippen LogP contribution < -0.4 is 0 Å². The molecule has 2 aromatic rings. The number of carbonyl (C=O) groups is 3. The van der Waals surface area contributed by atoms with E-state index in [4.69, 9.17) is 4.74 Å². The van der Waals surface area contributed by atoms with Crippen LogP contribution in [0.15, 0.2) is 43.0 Å². The summed E-state index contributed by atoms with van der Waals surface area (Å²) in [4.78, 5) is 50.6. The number of benzene rings is 1. The van der Waals surface area contributed by atoms with E-state index in [0.29, 0.717) is 37.6 Å². The lowest BCUT2D eigenvalue weighted by Gasteiger charge is -2.40. The van der Waals surface area contributed by atoms with Crippen LogP contribution in [0.2, 0.25) is 0 Å². The van der Waals surface area contributed by atoms with Gasteiger partial charge in [-0.25, -0.2) is 14.8 Å². The van der Waals surface area contributed by atoms with Gasteiger partial charge in [0.05, 0.1) is 12.1 Å². The van der Waals surface area contributed by atoms with Gasteiger partial charge in [-0.3, -0.25) is 9.59 Å². The van der Waals surface area contributed by atoms with Gasteiger partial charge < -0.3 is 14.5 Å². The first-order valence-electron chi connectivity index (χ1n) is 10.6. The number of hydrogen-bond donors (Lipinski definition) is 0. The first kappa shape index (κ1) is 23.1. The Balaban J connectivity index is 1.75. The molecule has 1 fully saturated rings. The molecule has 1 atom stereocenters. The van der Waals surface area contributed by atoms with Crippen molar-refractivity contribution in [2.45, 2.75) is 33.2 Å². The number of nitrogens with zero attached hydrogens (tertiary/aromatic N) is 4. The molecule has 1 saturated heterocycles. The summed E-state index contributed by atoms with van der Waals surface area (Å²) in [5, 5.41) is 0. The zero-order valence-corrected chi connectivity index (χ0v) is 18.7. The van der Waals surface area contributed by atoms with Crippen molar-refractivity contribution < 1.29 is 19.1 Å². The molecule has 0 N–H and O–H groups in total. The summed E-state index contributed by atoms with van der Waals surface area (Å²) in [6, 6.07) is 9.42. The smallest absolute Gasteiger partial charge is 0.342 e. The van der Waals surface area contributed by atoms with E-state index in [1.165, 1.54) is 6.08 Å². The van der Waals surface area contributed by atoms with Crippen LogP contribution in [0.5, 0.6) is 0 Å². The lowest BCUT2D eigenvalue weighted by atomic mass is 10.1. The Morgan fingerprint density at radius 3 is 2.53 bits per heavy atom. The van der Waals surface area contributed by atoms with Crippen molar-refractivity contribution in [3.8, 4) is 0 Å². The summed E-state index contributed by atoms with van der Waals surface area (Å²) < 4.78 is 5.14. The van der Waals surface area contributed by atoms with E-state index in [9.17, 15) is 14.4 Å². The molecule has 2 amide bonds. The van der Waals surface area contributed by atoms with E-state index in [0.717, 1.165) is 5.56 Å². The summed E-state index contributed by atoms with van der Waals surface area (Å²) >= 11 is 0. The molecule has 0 saturated carbocycles. The minimum absolute atomic E-state index is 0.0261. The predicted octanol–water partition coefficient (Wildman–Crippen LogP) is 2.35. The van der Waals surface area contributed by atoms with Gasteiger partial charge in [0.25, 0.3) is 5.91 Å². The van der Waals surface area contributed by atoms with Crippen molar-refractivity contribution in [2.24, 2.45) is 0 Å². The van der Waals surface area contributed by atoms with Gasteiger partial charge >= 0.3 is 5.97 Å². The van der Waals surface area contributed by atoms with Gasteiger partial charge in [0.2, 0.25) is 5.91 Å². The van der Waals surface area contributed by atoms with E-state index >= 15 is 0 Å². The highest BCUT2D eigenvalue weighted by Gasteiger charge is 2.33. The van der Waals surface area contributed by atoms with Crippen LogP contribution in [0, 0.1) is 13.8 Å². The number of aryl methyl sites for hydroxylation is 2. The molecule has 32 heavy (non-hydrogen) atoms. The fourth-order valence-electron chi connectivity index (χ4n) is 3.85. The highest BCUT2D eigenvalue weighted by atomic mass is 16.5. The second kappa shape index (κ2) is 10.2. The summed E-state index contributed by atoms with van der Waals surface area (Å²) in [6.45, 7) is 9.92. The molecular weight excluding hydrogens is 408 g/mol. The summed E-state index contributed by atoms with van der Waals surface area (Å²) in [5.41, 5.74) is 1.44. The van der Waals surface area contributed by atoms with E-state index in [1.807, 2.05) is 37.3 Å². The van der Waals surface area contributed by atoms with E-state index in [-0.39, 0.29) is 35.7 Å². The average Bonchev–Trinajstić information content (AvgIpc) is 2.76. The zero-order valence-electron chi connectivity index (χ0n) is 18.7. The third-order valence-corrected chi connectivity index (χ3v) is 5.37. The van der Waals surface area contributed by atoms with Gasteiger partial charge in [0.1, 0.15) is 23.7 Å². The summed E-state index contributed by atoms with van der Waals surface area (Å²) in [7, 11) is 0. The lowest BCUT2D eigenvalue weighted by Crippen LogP contribution is -2.56. The molecule has 0 radical (unpaired) electrons. The standard InChI is InChI=1S/C24H28N4O4/c1-5-13-32-24(31)21-17(3)25-18(4)26-22(21)23(30)27-11-12-28(16(2)15-27)20(29)14-19-9-7-6-8-10-19/h5-10,16H,1,11-15H2,2-4H3. The quantitative estimate of drug-likeness (QED) is 0.510. The highest BCUT2D eigenvalue weighted by Crippen LogP contribution is 2.19. The molecule has 0 bridgehead atoms. The van der Waals surface area contributed by atoms with Crippen molar-refractivity contribution in [3.63, 3.8) is 0 Å². The maximum atomic E-state index is 13.3. The number of rotatable bonds is 6. The van der Waals surface area contributed by atoms with Gasteiger partial charge in [-0.05, 0) is 26.3 Å². The maximum absolute atomic E-state index is 13.3. The molecule has 1 aliphatic rings. The van der Waals surface area contributed by atoms with E-state index in [1.54, 1.807) is 23.6 Å². The fourth-order valence-corrected chi connectivity index (χ4v) is 3.85. The lowest BCUT2D eigenvalue weighted by molar-refractivity contribution is -0.134. The SMILES string of the molecule is C=CCOC(=O)c1c(C)nc(C)nc1C(=O)N1CCN(C(=O)Cc2ccccc2)C(C)C1. The Morgan fingerprint density at radius 2 is 1.88 bits per heavy atom. The van der Waals surface area contributed by atoms with Crippen molar-refractivity contribution in [1.82, 2.24) is 19.8 Å². The minimum Gasteiger partial charge on any atom is -0.458 e. The molecule has 0 spiro atoms. The first-order chi connectivity index (χ1) is 15.3. The molecule has 1 unspecified atom stereocenters. The minimum atomic E-state index is -0.657. The number of piperazine rings is 1. The number of hydrogen-bond acceptors (Lipinski definition) is 6. The molecular formula is C24H28N4O4. The van der Waals surface area contributed by atoms with Gasteiger partial charge in [-0.1, -0.05) is 43.0 Å². The number of esters is 1. The Labute approximate surface area is 187 Å². The number of carbonyl (C=O) groups excluding carboxylic acids is 3. The summed E-state index contributed by atoms with van der Waals surface area (Å²) in [6.07, 6.45) is 1.78. The van der Waals surface area contributed by atoms with Crippen LogP contribution in [0.1, 0.15) is 44.9 Å². The topological polar surface area (TPSA) is 92.7 Å². The monoisotopic (exact) mass is 436 g/mol. The molecule has 8 heteroatoms. The Kier molecular flexibility index (Phi) is 7.35. The normalized spacial score (nSPS) is 15.9. The van der Waals surface area contributed by atoms with Crippen molar-refractivity contribution in [3.05, 3.63) is 71.3 Å². The van der Waals surface area contributed by atoms with Crippen LogP contribution in [-0.4, -0.2) is 69.8 Å². The van der Waals surface area contributed by atoms with Crippen molar-refractivity contribution in [1.29, 1.82) is 0 Å². The van der Waals surface area contributed by atoms with Gasteiger partial charge in [0, 0.05) is 25.7 Å². The largest absolute Gasteiger partial charge is 0.458 e. The van der Waals surface area contributed by atoms with Crippen LogP contribution in [0.4, 0.5) is 0 Å². The molecule has 0 aliphatic carbocycles. The first-order valence-corrected chi connectivity index (χ1v) is 10.6. The van der Waals surface area contributed by atoms with E-state index < -0.39 is 5.97 Å². The Hall–Kier alpha value is -3.55.